The number of carbonyl (C=O) groups excluding carboxylic acids is 1. The van der Waals surface area contributed by atoms with E-state index in [-0.39, 0.29) is 23.4 Å². The zero-order valence-electron chi connectivity index (χ0n) is 11.5. The van der Waals surface area contributed by atoms with E-state index in [1.165, 1.54) is 24.3 Å². The van der Waals surface area contributed by atoms with Gasteiger partial charge in [-0.05, 0) is 37.1 Å². The third kappa shape index (κ3) is 4.78. The second-order valence-corrected chi connectivity index (χ2v) is 6.58. The molecule has 1 aliphatic heterocycles. The summed E-state index contributed by atoms with van der Waals surface area (Å²) >= 11 is 0. The Morgan fingerprint density at radius 1 is 1.29 bits per heavy atom. The second-order valence-electron chi connectivity index (χ2n) is 5.16. The third-order valence-corrected chi connectivity index (χ3v) is 4.30. The van der Waals surface area contributed by atoms with Crippen LogP contribution in [0.1, 0.15) is 12.8 Å². The maximum absolute atomic E-state index is 11.9. The molecule has 1 saturated heterocycles. The highest BCUT2D eigenvalue weighted by Crippen LogP contribution is 2.14. The molecule has 4 N–H and O–H groups in total. The molecule has 1 amide bonds. The molecular weight excluding hydrogens is 294 g/mol. The zero-order valence-corrected chi connectivity index (χ0v) is 12.3. The fourth-order valence-corrected chi connectivity index (χ4v) is 2.70. The van der Waals surface area contributed by atoms with Crippen molar-refractivity contribution in [2.24, 2.45) is 5.73 Å². The van der Waals surface area contributed by atoms with Gasteiger partial charge in [-0.15, -0.1) is 0 Å². The van der Waals surface area contributed by atoms with Crippen molar-refractivity contribution in [3.05, 3.63) is 24.3 Å². The van der Waals surface area contributed by atoms with Gasteiger partial charge in [-0.3, -0.25) is 14.2 Å². The summed E-state index contributed by atoms with van der Waals surface area (Å²) in [5.41, 5.74) is 6.29. The quantitative estimate of drug-likeness (QED) is 0.689. The number of benzene rings is 1. The first kappa shape index (κ1) is 15.9. The normalized spacial score (nSPS) is 17.6. The molecule has 1 aliphatic rings. The van der Waals surface area contributed by atoms with Gasteiger partial charge >= 0.3 is 0 Å². The van der Waals surface area contributed by atoms with E-state index in [9.17, 15) is 13.2 Å². The smallest absolute Gasteiger partial charge is 0.294 e. The molecule has 116 valence electrons. The molecule has 0 radical (unpaired) electrons. The standard InChI is InChI=1S/C13H19N3O4S/c14-10-5-7-16(8-6-10)9-13(17)15-11-1-3-12(4-2-11)21(18,19)20/h1-4,10H,5-9,14H2,(H,15,17)(H,18,19,20). The zero-order chi connectivity index (χ0) is 15.5. The minimum atomic E-state index is -4.21. The van der Waals surface area contributed by atoms with E-state index in [0.717, 1.165) is 25.9 Å². The first-order valence-electron chi connectivity index (χ1n) is 6.70. The highest BCUT2D eigenvalue weighted by atomic mass is 32.2. The van der Waals surface area contributed by atoms with Crippen LogP contribution in [0.25, 0.3) is 0 Å². The van der Waals surface area contributed by atoms with Gasteiger partial charge in [0.2, 0.25) is 5.91 Å². The van der Waals surface area contributed by atoms with Crippen molar-refractivity contribution in [2.75, 3.05) is 25.0 Å². The van der Waals surface area contributed by atoms with E-state index in [1.807, 2.05) is 4.90 Å². The predicted molar refractivity (Wildman–Crippen MR) is 78.5 cm³/mol. The number of anilines is 1. The summed E-state index contributed by atoms with van der Waals surface area (Å²) in [7, 11) is -4.21. The monoisotopic (exact) mass is 313 g/mol. The topological polar surface area (TPSA) is 113 Å². The van der Waals surface area contributed by atoms with E-state index in [2.05, 4.69) is 5.32 Å². The van der Waals surface area contributed by atoms with Crippen LogP contribution in [0.15, 0.2) is 29.2 Å². The van der Waals surface area contributed by atoms with Gasteiger partial charge in [-0.2, -0.15) is 8.42 Å². The van der Waals surface area contributed by atoms with Gasteiger partial charge < -0.3 is 11.1 Å². The lowest BCUT2D eigenvalue weighted by Gasteiger charge is -2.29. The molecule has 21 heavy (non-hydrogen) atoms. The Kier molecular flexibility index (Phi) is 4.94. The van der Waals surface area contributed by atoms with Gasteiger partial charge in [0.15, 0.2) is 0 Å². The molecule has 0 unspecified atom stereocenters. The Balaban J connectivity index is 1.88. The van der Waals surface area contributed by atoms with Gasteiger partial charge in [-0.1, -0.05) is 0 Å². The van der Waals surface area contributed by atoms with Crippen LogP contribution in [-0.4, -0.2) is 49.5 Å². The van der Waals surface area contributed by atoms with Crippen LogP contribution >= 0.6 is 0 Å². The molecular formula is C13H19N3O4S. The van der Waals surface area contributed by atoms with Crippen molar-refractivity contribution in [2.45, 2.75) is 23.8 Å². The summed E-state index contributed by atoms with van der Waals surface area (Å²) in [5.74, 6) is -0.162. The van der Waals surface area contributed by atoms with Crippen LogP contribution < -0.4 is 11.1 Å². The average Bonchev–Trinajstić information content (AvgIpc) is 2.41. The fourth-order valence-electron chi connectivity index (χ4n) is 2.22. The molecule has 0 aromatic heterocycles. The Bertz CT molecular complexity index is 592. The van der Waals surface area contributed by atoms with Crippen LogP contribution in [0.2, 0.25) is 0 Å². The minimum absolute atomic E-state index is 0.162. The predicted octanol–water partition coefficient (Wildman–Crippen LogP) is 0.295. The van der Waals surface area contributed by atoms with Crippen molar-refractivity contribution in [3.8, 4) is 0 Å². The van der Waals surface area contributed by atoms with Crippen LogP contribution in [0.4, 0.5) is 5.69 Å². The van der Waals surface area contributed by atoms with Gasteiger partial charge in [0, 0.05) is 24.8 Å². The number of amides is 1. The maximum Gasteiger partial charge on any atom is 0.294 e. The number of hydrogen-bond acceptors (Lipinski definition) is 5. The molecule has 8 heteroatoms. The largest absolute Gasteiger partial charge is 0.328 e. The van der Waals surface area contributed by atoms with Crippen molar-refractivity contribution >= 4 is 21.7 Å². The molecule has 1 aromatic carbocycles. The number of nitrogens with one attached hydrogen (secondary N) is 1. The highest BCUT2D eigenvalue weighted by Gasteiger charge is 2.18. The number of nitrogens with zero attached hydrogens (tertiary/aromatic N) is 1. The van der Waals surface area contributed by atoms with Crippen LogP contribution in [0.3, 0.4) is 0 Å². The molecule has 2 rings (SSSR count). The summed E-state index contributed by atoms with van der Waals surface area (Å²) in [6, 6.07) is 5.58. The Morgan fingerprint density at radius 2 is 1.86 bits per heavy atom. The number of piperidine rings is 1. The second kappa shape index (κ2) is 6.52. The lowest BCUT2D eigenvalue weighted by atomic mass is 10.1. The number of rotatable bonds is 4. The molecule has 0 atom stereocenters. The number of likely N-dealkylation sites (tertiary alicyclic amines) is 1. The van der Waals surface area contributed by atoms with E-state index in [1.54, 1.807) is 0 Å². The summed E-state index contributed by atoms with van der Waals surface area (Å²) in [4.78, 5) is 13.7. The summed E-state index contributed by atoms with van der Waals surface area (Å²) in [6.07, 6.45) is 1.77. The van der Waals surface area contributed by atoms with Gasteiger partial charge in [0.1, 0.15) is 0 Å². The van der Waals surface area contributed by atoms with Crippen molar-refractivity contribution in [3.63, 3.8) is 0 Å². The lowest BCUT2D eigenvalue weighted by molar-refractivity contribution is -0.117. The summed E-state index contributed by atoms with van der Waals surface area (Å²) in [6.45, 7) is 1.89. The van der Waals surface area contributed by atoms with Gasteiger partial charge in [0.25, 0.3) is 10.1 Å². The fraction of sp³-hybridized carbons (Fsp3) is 0.462. The van der Waals surface area contributed by atoms with E-state index >= 15 is 0 Å². The highest BCUT2D eigenvalue weighted by molar-refractivity contribution is 7.85. The molecule has 7 nitrogen and oxygen atoms in total. The van der Waals surface area contributed by atoms with E-state index < -0.39 is 10.1 Å². The number of carbonyl (C=O) groups is 1. The summed E-state index contributed by atoms with van der Waals surface area (Å²) in [5, 5.41) is 2.69. The van der Waals surface area contributed by atoms with Crippen LogP contribution in [0, 0.1) is 0 Å². The number of nitrogens with two attached hydrogens (primary N) is 1. The maximum atomic E-state index is 11.9. The average molecular weight is 313 g/mol. The Labute approximate surface area is 123 Å². The molecule has 1 heterocycles. The molecule has 0 bridgehead atoms. The van der Waals surface area contributed by atoms with Gasteiger partial charge in [0.05, 0.1) is 11.4 Å². The molecule has 0 aliphatic carbocycles. The number of hydrogen-bond donors (Lipinski definition) is 3. The van der Waals surface area contributed by atoms with Crippen molar-refractivity contribution < 1.29 is 17.8 Å². The summed E-state index contributed by atoms with van der Waals surface area (Å²) < 4.78 is 30.7. The molecule has 1 fully saturated rings. The van der Waals surface area contributed by atoms with Crippen molar-refractivity contribution in [1.29, 1.82) is 0 Å². The first-order chi connectivity index (χ1) is 9.84. The lowest BCUT2D eigenvalue weighted by Crippen LogP contribution is -2.43. The van der Waals surface area contributed by atoms with Crippen molar-refractivity contribution in [1.82, 2.24) is 4.90 Å². The van der Waals surface area contributed by atoms with Crippen LogP contribution in [-0.2, 0) is 14.9 Å². The molecule has 1 aromatic rings. The minimum Gasteiger partial charge on any atom is -0.328 e. The van der Waals surface area contributed by atoms with E-state index in [4.69, 9.17) is 10.3 Å². The Hall–Kier alpha value is -1.48. The van der Waals surface area contributed by atoms with Crippen LogP contribution in [0.5, 0.6) is 0 Å². The van der Waals surface area contributed by atoms with Gasteiger partial charge in [-0.25, -0.2) is 0 Å². The first-order valence-corrected chi connectivity index (χ1v) is 8.14. The third-order valence-electron chi connectivity index (χ3n) is 3.44. The molecule has 0 spiro atoms. The molecule has 0 saturated carbocycles. The van der Waals surface area contributed by atoms with E-state index in [0.29, 0.717) is 5.69 Å². The Morgan fingerprint density at radius 3 is 2.38 bits per heavy atom. The SMILES string of the molecule is NC1CCN(CC(=O)Nc2ccc(S(=O)(=O)O)cc2)CC1.